The molecule has 0 radical (unpaired) electrons. The summed E-state index contributed by atoms with van der Waals surface area (Å²) < 4.78 is 2.19. The van der Waals surface area contributed by atoms with E-state index < -0.39 is 0 Å². The van der Waals surface area contributed by atoms with E-state index in [-0.39, 0.29) is 5.75 Å². The number of hydrogen-bond donors (Lipinski definition) is 1. The fourth-order valence-corrected chi connectivity index (χ4v) is 3.85. The number of para-hydroxylation sites is 2. The van der Waals surface area contributed by atoms with Crippen LogP contribution in [0.2, 0.25) is 5.02 Å². The molecule has 0 aliphatic heterocycles. The van der Waals surface area contributed by atoms with Crippen LogP contribution in [0.3, 0.4) is 0 Å². The highest BCUT2D eigenvalue weighted by molar-refractivity contribution is 6.30. The van der Waals surface area contributed by atoms with Gasteiger partial charge in [-0.2, -0.15) is 0 Å². The predicted octanol–water partition coefficient (Wildman–Crippen LogP) is 6.81. The van der Waals surface area contributed by atoms with Crippen molar-refractivity contribution in [2.24, 2.45) is 0 Å². The Morgan fingerprint density at radius 3 is 2.15 bits per heavy atom. The monoisotopic (exact) mass is 369 g/mol. The summed E-state index contributed by atoms with van der Waals surface area (Å²) in [5, 5.41) is 13.7. The van der Waals surface area contributed by atoms with Crippen LogP contribution in [0.4, 0.5) is 0 Å². The van der Waals surface area contributed by atoms with E-state index in [2.05, 4.69) is 34.9 Å². The third-order valence-electron chi connectivity index (χ3n) is 4.96. The molecule has 0 unspecified atom stereocenters. The summed E-state index contributed by atoms with van der Waals surface area (Å²) in [5.74, 6) is 0.254. The molecule has 0 spiro atoms. The Balaban J connectivity index is 1.87. The summed E-state index contributed by atoms with van der Waals surface area (Å²) in [6.45, 7) is 0. The van der Waals surface area contributed by atoms with Crippen LogP contribution in [-0.4, -0.2) is 9.67 Å². The van der Waals surface area contributed by atoms with Gasteiger partial charge in [0.05, 0.1) is 11.0 Å². The maximum Gasteiger partial charge on any atom is 0.125 e. The molecule has 0 aliphatic rings. The fourth-order valence-electron chi connectivity index (χ4n) is 3.72. The van der Waals surface area contributed by atoms with Gasteiger partial charge in [0, 0.05) is 33.1 Å². The molecule has 1 heterocycles. The molecule has 0 atom stereocenters. The smallest absolute Gasteiger partial charge is 0.125 e. The van der Waals surface area contributed by atoms with E-state index in [1.165, 1.54) is 0 Å². The number of rotatable bonds is 2. The van der Waals surface area contributed by atoms with E-state index >= 15 is 0 Å². The fraction of sp³-hybridized carbons (Fsp3) is 0. The minimum Gasteiger partial charge on any atom is -0.507 e. The van der Waals surface area contributed by atoms with Crippen molar-refractivity contribution < 1.29 is 5.11 Å². The normalized spacial score (nSPS) is 11.3. The first kappa shape index (κ1) is 16.0. The number of fused-ring (bicyclic) bond motifs is 3. The molecule has 5 rings (SSSR count). The van der Waals surface area contributed by atoms with Crippen molar-refractivity contribution >= 4 is 33.4 Å². The molecule has 0 saturated heterocycles. The first-order valence-electron chi connectivity index (χ1n) is 8.80. The SMILES string of the molecule is Oc1cc2c(cc1-c1ccc(Cl)cc1)c1ccccc1n2-c1ccccc1. The average molecular weight is 370 g/mol. The van der Waals surface area contributed by atoms with Crippen molar-refractivity contribution in [3.63, 3.8) is 0 Å². The molecule has 130 valence electrons. The van der Waals surface area contributed by atoms with E-state index in [1.54, 1.807) is 0 Å². The maximum absolute atomic E-state index is 10.8. The zero-order chi connectivity index (χ0) is 18.4. The summed E-state index contributed by atoms with van der Waals surface area (Å²) in [6.07, 6.45) is 0. The number of benzene rings is 4. The molecule has 2 nitrogen and oxygen atoms in total. The van der Waals surface area contributed by atoms with Crippen molar-refractivity contribution in [2.45, 2.75) is 0 Å². The van der Waals surface area contributed by atoms with Crippen molar-refractivity contribution in [2.75, 3.05) is 0 Å². The number of aromatic nitrogens is 1. The number of hydrogen-bond acceptors (Lipinski definition) is 1. The van der Waals surface area contributed by atoms with Gasteiger partial charge in [-0.15, -0.1) is 0 Å². The second-order valence-corrected chi connectivity index (χ2v) is 7.02. The van der Waals surface area contributed by atoms with Gasteiger partial charge >= 0.3 is 0 Å². The van der Waals surface area contributed by atoms with Crippen LogP contribution in [0.1, 0.15) is 0 Å². The lowest BCUT2D eigenvalue weighted by Crippen LogP contribution is -1.93. The number of phenolic OH excluding ortho intramolecular Hbond substituents is 1. The van der Waals surface area contributed by atoms with Crippen molar-refractivity contribution in [3.8, 4) is 22.6 Å². The summed E-state index contributed by atoms with van der Waals surface area (Å²) >= 11 is 6.02. The Labute approximate surface area is 161 Å². The van der Waals surface area contributed by atoms with Crippen LogP contribution in [0.5, 0.6) is 5.75 Å². The number of nitrogens with zero attached hydrogens (tertiary/aromatic N) is 1. The number of phenols is 1. The third kappa shape index (κ3) is 2.57. The molecule has 3 heteroatoms. The molecule has 0 saturated carbocycles. The van der Waals surface area contributed by atoms with Crippen molar-refractivity contribution in [3.05, 3.63) is 96.0 Å². The Hall–Kier alpha value is -3.23. The molecule has 0 aliphatic carbocycles. The number of halogens is 1. The number of aromatic hydroxyl groups is 1. The molecule has 4 aromatic carbocycles. The highest BCUT2D eigenvalue weighted by Gasteiger charge is 2.15. The third-order valence-corrected chi connectivity index (χ3v) is 5.21. The Bertz CT molecular complexity index is 1270. The van der Waals surface area contributed by atoms with Gasteiger partial charge in [0.2, 0.25) is 0 Å². The Morgan fingerprint density at radius 2 is 1.37 bits per heavy atom. The molecule has 27 heavy (non-hydrogen) atoms. The van der Waals surface area contributed by atoms with Gasteiger partial charge in [-0.3, -0.25) is 0 Å². The zero-order valence-electron chi connectivity index (χ0n) is 14.4. The Morgan fingerprint density at radius 1 is 0.667 bits per heavy atom. The highest BCUT2D eigenvalue weighted by atomic mass is 35.5. The van der Waals surface area contributed by atoms with Gasteiger partial charge in [-0.1, -0.05) is 60.1 Å². The van der Waals surface area contributed by atoms with Crippen LogP contribution in [0.15, 0.2) is 91.0 Å². The van der Waals surface area contributed by atoms with Gasteiger partial charge in [-0.05, 0) is 42.0 Å². The van der Waals surface area contributed by atoms with Crippen LogP contribution < -0.4 is 0 Å². The van der Waals surface area contributed by atoms with Gasteiger partial charge in [0.15, 0.2) is 0 Å². The van der Waals surface area contributed by atoms with E-state index in [4.69, 9.17) is 11.6 Å². The second-order valence-electron chi connectivity index (χ2n) is 6.58. The minimum absolute atomic E-state index is 0.254. The molecule has 5 aromatic rings. The topological polar surface area (TPSA) is 25.2 Å². The minimum atomic E-state index is 0.254. The largest absolute Gasteiger partial charge is 0.507 e. The van der Waals surface area contributed by atoms with E-state index in [1.807, 2.05) is 60.7 Å². The predicted molar refractivity (Wildman–Crippen MR) is 113 cm³/mol. The van der Waals surface area contributed by atoms with Crippen LogP contribution in [0, 0.1) is 0 Å². The molecule has 0 amide bonds. The van der Waals surface area contributed by atoms with Crippen LogP contribution >= 0.6 is 11.6 Å². The van der Waals surface area contributed by atoms with Crippen molar-refractivity contribution in [1.29, 1.82) is 0 Å². The zero-order valence-corrected chi connectivity index (χ0v) is 15.2. The first-order valence-corrected chi connectivity index (χ1v) is 9.18. The van der Waals surface area contributed by atoms with Gasteiger partial charge < -0.3 is 9.67 Å². The summed E-state index contributed by atoms with van der Waals surface area (Å²) in [4.78, 5) is 0. The molecule has 1 aromatic heterocycles. The molecule has 0 fully saturated rings. The quantitative estimate of drug-likeness (QED) is 0.363. The lowest BCUT2D eigenvalue weighted by Gasteiger charge is -2.09. The van der Waals surface area contributed by atoms with Gasteiger partial charge in [0.1, 0.15) is 5.75 Å². The first-order chi connectivity index (χ1) is 13.2. The van der Waals surface area contributed by atoms with Crippen molar-refractivity contribution in [1.82, 2.24) is 4.57 Å². The summed E-state index contributed by atoms with van der Waals surface area (Å²) in [7, 11) is 0. The molecular weight excluding hydrogens is 354 g/mol. The van der Waals surface area contributed by atoms with E-state index in [0.717, 1.165) is 38.6 Å². The lowest BCUT2D eigenvalue weighted by molar-refractivity contribution is 0.478. The Kier molecular flexibility index (Phi) is 3.66. The van der Waals surface area contributed by atoms with Crippen LogP contribution in [0.25, 0.3) is 38.6 Å². The highest BCUT2D eigenvalue weighted by Crippen LogP contribution is 2.39. The summed E-state index contributed by atoms with van der Waals surface area (Å²) in [6, 6.07) is 30.0. The maximum atomic E-state index is 10.8. The van der Waals surface area contributed by atoms with Gasteiger partial charge in [-0.25, -0.2) is 0 Å². The van der Waals surface area contributed by atoms with E-state index in [9.17, 15) is 5.11 Å². The average Bonchev–Trinajstić information content (AvgIpc) is 3.02. The molecule has 0 bridgehead atoms. The van der Waals surface area contributed by atoms with E-state index in [0.29, 0.717) is 5.02 Å². The standard InChI is InChI=1S/C24H16ClNO/c25-17-12-10-16(11-13-17)20-14-21-19-8-4-5-9-22(19)26(23(21)15-24(20)27)18-6-2-1-3-7-18/h1-15,27H. The van der Waals surface area contributed by atoms with Gasteiger partial charge in [0.25, 0.3) is 0 Å². The molecular formula is C24H16ClNO. The second kappa shape index (κ2) is 6.19. The lowest BCUT2D eigenvalue weighted by atomic mass is 10.0. The summed E-state index contributed by atoms with van der Waals surface area (Å²) in [5.41, 5.74) is 4.91. The molecule has 1 N–H and O–H groups in total. The van der Waals surface area contributed by atoms with Crippen LogP contribution in [-0.2, 0) is 0 Å².